The summed E-state index contributed by atoms with van der Waals surface area (Å²) in [5.74, 6) is 0.0817. The molecule has 0 bridgehead atoms. The van der Waals surface area contributed by atoms with Gasteiger partial charge in [-0.05, 0) is 37.6 Å². The van der Waals surface area contributed by atoms with E-state index in [9.17, 15) is 4.79 Å². The lowest BCUT2D eigenvalue weighted by Gasteiger charge is -2.19. The van der Waals surface area contributed by atoms with Gasteiger partial charge in [0, 0.05) is 22.2 Å². The van der Waals surface area contributed by atoms with Crippen molar-refractivity contribution in [2.45, 2.75) is 40.0 Å². The number of hydrogen-bond acceptors (Lipinski definition) is 2. The van der Waals surface area contributed by atoms with Crippen molar-refractivity contribution in [3.05, 3.63) is 53.2 Å². The molecule has 0 N–H and O–H groups in total. The third kappa shape index (κ3) is 2.96. The van der Waals surface area contributed by atoms with E-state index in [0.717, 1.165) is 28.1 Å². The van der Waals surface area contributed by atoms with Crippen LogP contribution in [0.5, 0.6) is 0 Å². The highest BCUT2D eigenvalue weighted by molar-refractivity contribution is 5.95. The van der Waals surface area contributed by atoms with Gasteiger partial charge in [0.2, 0.25) is 0 Å². The van der Waals surface area contributed by atoms with E-state index < -0.39 is 0 Å². The second-order valence-electron chi connectivity index (χ2n) is 6.24. The minimum atomic E-state index is 0.0160. The van der Waals surface area contributed by atoms with Crippen LogP contribution in [0.15, 0.2) is 36.4 Å². The second kappa shape index (κ2) is 5.20. The fourth-order valence-electron chi connectivity index (χ4n) is 2.12. The van der Waals surface area contributed by atoms with E-state index >= 15 is 0 Å². The van der Waals surface area contributed by atoms with E-state index in [-0.39, 0.29) is 11.2 Å². The Morgan fingerprint density at radius 3 is 2.40 bits per heavy atom. The Morgan fingerprint density at radius 2 is 1.80 bits per heavy atom. The van der Waals surface area contributed by atoms with Crippen LogP contribution in [0.3, 0.4) is 0 Å². The van der Waals surface area contributed by atoms with Gasteiger partial charge in [0.25, 0.3) is 0 Å². The van der Waals surface area contributed by atoms with Gasteiger partial charge in [0.1, 0.15) is 0 Å². The topological polar surface area (TPSA) is 30.0 Å². The van der Waals surface area contributed by atoms with Crippen molar-refractivity contribution in [2.24, 2.45) is 0 Å². The van der Waals surface area contributed by atoms with Crippen molar-refractivity contribution < 1.29 is 4.79 Å². The van der Waals surface area contributed by atoms with E-state index in [1.165, 1.54) is 0 Å². The van der Waals surface area contributed by atoms with Crippen molar-refractivity contribution in [3.8, 4) is 11.3 Å². The van der Waals surface area contributed by atoms with E-state index in [1.807, 2.05) is 43.3 Å². The van der Waals surface area contributed by atoms with Crippen LogP contribution in [0.1, 0.15) is 49.3 Å². The molecular weight excluding hydrogens is 246 g/mol. The van der Waals surface area contributed by atoms with Crippen molar-refractivity contribution in [1.82, 2.24) is 4.98 Å². The number of rotatable bonds is 2. The number of carbonyl (C=O) groups excluding carboxylic acids is 1. The molecule has 1 heterocycles. The van der Waals surface area contributed by atoms with Gasteiger partial charge in [-0.2, -0.15) is 0 Å². The van der Waals surface area contributed by atoms with Crippen LogP contribution in [0, 0.1) is 6.92 Å². The molecule has 2 rings (SSSR count). The number of carbonyl (C=O) groups is 1. The van der Waals surface area contributed by atoms with Crippen molar-refractivity contribution >= 4 is 5.78 Å². The second-order valence-corrected chi connectivity index (χ2v) is 6.24. The molecule has 0 spiro atoms. The fourth-order valence-corrected chi connectivity index (χ4v) is 2.12. The molecule has 1 aromatic heterocycles. The molecule has 0 atom stereocenters. The molecule has 1 aromatic carbocycles. The number of nitrogens with zero attached hydrogens (tertiary/aromatic N) is 1. The molecular formula is C18H21NO. The first kappa shape index (κ1) is 14.4. The molecule has 104 valence electrons. The number of aryl methyl sites for hydroxylation is 1. The summed E-state index contributed by atoms with van der Waals surface area (Å²) >= 11 is 0. The van der Waals surface area contributed by atoms with Crippen LogP contribution < -0.4 is 0 Å². The van der Waals surface area contributed by atoms with Crippen molar-refractivity contribution in [3.63, 3.8) is 0 Å². The molecule has 0 saturated heterocycles. The maximum atomic E-state index is 11.5. The molecule has 0 aliphatic carbocycles. The number of hydrogen-bond donors (Lipinski definition) is 0. The van der Waals surface area contributed by atoms with Gasteiger partial charge in [0.15, 0.2) is 5.78 Å². The smallest absolute Gasteiger partial charge is 0.159 e. The molecule has 0 aliphatic rings. The Morgan fingerprint density at radius 1 is 1.10 bits per heavy atom. The zero-order chi connectivity index (χ0) is 14.9. The number of pyridine rings is 1. The highest BCUT2D eigenvalue weighted by Crippen LogP contribution is 2.27. The number of Topliss-reactive ketones (excluding diaryl/α,β-unsaturated/α-hetero) is 1. The van der Waals surface area contributed by atoms with E-state index in [2.05, 4.69) is 20.8 Å². The quantitative estimate of drug-likeness (QED) is 0.747. The van der Waals surface area contributed by atoms with E-state index in [1.54, 1.807) is 6.92 Å². The lowest BCUT2D eigenvalue weighted by Crippen LogP contribution is -2.13. The summed E-state index contributed by atoms with van der Waals surface area (Å²) in [5, 5.41) is 0. The van der Waals surface area contributed by atoms with E-state index in [0.29, 0.717) is 0 Å². The molecule has 0 radical (unpaired) electrons. The minimum Gasteiger partial charge on any atom is -0.295 e. The predicted octanol–water partition coefficient (Wildman–Crippen LogP) is 4.56. The number of ketones is 1. The Bertz CT molecular complexity index is 651. The van der Waals surface area contributed by atoms with Gasteiger partial charge < -0.3 is 0 Å². The maximum absolute atomic E-state index is 11.5. The zero-order valence-corrected chi connectivity index (χ0v) is 12.8. The van der Waals surface area contributed by atoms with Gasteiger partial charge in [0.05, 0.1) is 5.69 Å². The standard InChI is InChI=1S/C18H21NO/c1-12-9-10-14(13(2)20)11-15(12)16-7-6-8-17(19-16)18(3,4)5/h6-11H,1-5H3. The zero-order valence-electron chi connectivity index (χ0n) is 12.8. The first-order valence-corrected chi connectivity index (χ1v) is 6.88. The maximum Gasteiger partial charge on any atom is 0.159 e. The molecule has 2 aromatic rings. The molecule has 0 aliphatic heterocycles. The third-order valence-corrected chi connectivity index (χ3v) is 3.44. The summed E-state index contributed by atoms with van der Waals surface area (Å²) in [4.78, 5) is 16.3. The number of aromatic nitrogens is 1. The largest absolute Gasteiger partial charge is 0.295 e. The van der Waals surface area contributed by atoms with Crippen molar-refractivity contribution in [2.75, 3.05) is 0 Å². The Kier molecular flexibility index (Phi) is 3.76. The van der Waals surface area contributed by atoms with Crippen molar-refractivity contribution in [1.29, 1.82) is 0 Å². The van der Waals surface area contributed by atoms with Crippen LogP contribution in [0.4, 0.5) is 0 Å². The van der Waals surface area contributed by atoms with Gasteiger partial charge in [-0.1, -0.05) is 39.0 Å². The predicted molar refractivity (Wildman–Crippen MR) is 83.1 cm³/mol. The summed E-state index contributed by atoms with van der Waals surface area (Å²) in [6, 6.07) is 11.9. The van der Waals surface area contributed by atoms with Crippen LogP contribution in [0.25, 0.3) is 11.3 Å². The Balaban J connectivity index is 2.57. The first-order valence-electron chi connectivity index (χ1n) is 6.88. The highest BCUT2D eigenvalue weighted by atomic mass is 16.1. The average molecular weight is 267 g/mol. The summed E-state index contributed by atoms with van der Waals surface area (Å²) in [7, 11) is 0. The molecule has 0 unspecified atom stereocenters. The fraction of sp³-hybridized carbons (Fsp3) is 0.333. The summed E-state index contributed by atoms with van der Waals surface area (Å²) in [6.45, 7) is 10.1. The third-order valence-electron chi connectivity index (χ3n) is 3.44. The molecule has 0 saturated carbocycles. The van der Waals surface area contributed by atoms with Crippen LogP contribution in [0.2, 0.25) is 0 Å². The van der Waals surface area contributed by atoms with Crippen LogP contribution in [-0.4, -0.2) is 10.8 Å². The highest BCUT2D eigenvalue weighted by Gasteiger charge is 2.16. The molecule has 2 nitrogen and oxygen atoms in total. The SMILES string of the molecule is CC(=O)c1ccc(C)c(-c2cccc(C(C)(C)C)n2)c1. The van der Waals surface area contributed by atoms with Gasteiger partial charge >= 0.3 is 0 Å². The normalized spacial score (nSPS) is 11.4. The summed E-state index contributed by atoms with van der Waals surface area (Å²) in [6.07, 6.45) is 0. The van der Waals surface area contributed by atoms with Gasteiger partial charge in [-0.15, -0.1) is 0 Å². The summed E-state index contributed by atoms with van der Waals surface area (Å²) < 4.78 is 0. The molecule has 2 heteroatoms. The Hall–Kier alpha value is -1.96. The van der Waals surface area contributed by atoms with Gasteiger partial charge in [-0.25, -0.2) is 0 Å². The van der Waals surface area contributed by atoms with E-state index in [4.69, 9.17) is 4.98 Å². The van der Waals surface area contributed by atoms with Crippen LogP contribution >= 0.6 is 0 Å². The van der Waals surface area contributed by atoms with Gasteiger partial charge in [-0.3, -0.25) is 9.78 Å². The lowest BCUT2D eigenvalue weighted by atomic mass is 9.91. The lowest BCUT2D eigenvalue weighted by molar-refractivity contribution is 0.101. The number of benzene rings is 1. The first-order chi connectivity index (χ1) is 9.29. The molecule has 0 fully saturated rings. The molecule has 0 amide bonds. The summed E-state index contributed by atoms with van der Waals surface area (Å²) in [5.41, 5.74) is 4.90. The Labute approximate surface area is 120 Å². The average Bonchev–Trinajstić information content (AvgIpc) is 2.38. The van der Waals surface area contributed by atoms with Crippen LogP contribution in [-0.2, 0) is 5.41 Å². The molecule has 20 heavy (non-hydrogen) atoms. The monoisotopic (exact) mass is 267 g/mol. The minimum absolute atomic E-state index is 0.0160.